The van der Waals surface area contributed by atoms with Crippen LogP contribution in [-0.2, 0) is 4.79 Å². The molecule has 2 rings (SSSR count). The van der Waals surface area contributed by atoms with Crippen LogP contribution in [0.4, 0.5) is 0 Å². The smallest absolute Gasteiger partial charge is 0.252 e. The molecule has 1 aromatic carbocycles. The Kier molecular flexibility index (Phi) is 6.25. The Morgan fingerprint density at radius 3 is 2.83 bits per heavy atom. The molecule has 5 nitrogen and oxygen atoms in total. The first kappa shape index (κ1) is 16.6. The second-order valence-electron chi connectivity index (χ2n) is 5.20. The molecule has 0 aromatic heterocycles. The van der Waals surface area contributed by atoms with Gasteiger partial charge in [-0.3, -0.25) is 9.59 Å². The monoisotopic (exact) mass is 312 g/mol. The first-order chi connectivity index (χ1) is 11.2. The van der Waals surface area contributed by atoms with Gasteiger partial charge in [-0.15, -0.1) is 0 Å². The van der Waals surface area contributed by atoms with E-state index in [0.717, 1.165) is 19.3 Å². The Labute approximate surface area is 135 Å². The zero-order chi connectivity index (χ0) is 16.5. The first-order valence-electron chi connectivity index (χ1n) is 7.58. The quantitative estimate of drug-likeness (QED) is 0.640. The molecule has 0 heterocycles. The maximum atomic E-state index is 11.9. The summed E-state index contributed by atoms with van der Waals surface area (Å²) in [7, 11) is 0. The summed E-state index contributed by atoms with van der Waals surface area (Å²) in [5.41, 5.74) is 5.59. The SMILES string of the molecule is NC(=O)c1ccccc1OCC#CCNC(=O)[C@H]1CC=CCC1. The highest BCUT2D eigenvalue weighted by Crippen LogP contribution is 2.18. The highest BCUT2D eigenvalue weighted by Gasteiger charge is 2.17. The van der Waals surface area contributed by atoms with E-state index in [4.69, 9.17) is 10.5 Å². The van der Waals surface area contributed by atoms with Crippen LogP contribution in [-0.4, -0.2) is 25.0 Å². The normalized spacial score (nSPS) is 16.1. The number of carbonyl (C=O) groups is 2. The van der Waals surface area contributed by atoms with Crippen molar-refractivity contribution < 1.29 is 14.3 Å². The summed E-state index contributed by atoms with van der Waals surface area (Å²) >= 11 is 0. The van der Waals surface area contributed by atoms with Crippen LogP contribution < -0.4 is 15.8 Å². The van der Waals surface area contributed by atoms with E-state index in [9.17, 15) is 9.59 Å². The Hall–Kier alpha value is -2.74. The van der Waals surface area contributed by atoms with Gasteiger partial charge in [-0.1, -0.05) is 36.1 Å². The lowest BCUT2D eigenvalue weighted by atomic mass is 9.94. The van der Waals surface area contributed by atoms with Crippen molar-refractivity contribution in [2.24, 2.45) is 11.7 Å². The third kappa shape index (κ3) is 5.19. The van der Waals surface area contributed by atoms with Crippen LogP contribution in [0.2, 0.25) is 0 Å². The topological polar surface area (TPSA) is 81.4 Å². The first-order valence-corrected chi connectivity index (χ1v) is 7.58. The average Bonchev–Trinajstić information content (AvgIpc) is 2.58. The molecule has 5 heteroatoms. The molecule has 0 radical (unpaired) electrons. The van der Waals surface area contributed by atoms with Gasteiger partial charge in [-0.05, 0) is 31.4 Å². The van der Waals surface area contributed by atoms with Gasteiger partial charge in [0.25, 0.3) is 5.91 Å². The lowest BCUT2D eigenvalue weighted by Crippen LogP contribution is -2.31. The summed E-state index contributed by atoms with van der Waals surface area (Å²) in [4.78, 5) is 23.1. The van der Waals surface area contributed by atoms with Crippen LogP contribution in [0.15, 0.2) is 36.4 Å². The van der Waals surface area contributed by atoms with Gasteiger partial charge in [0.1, 0.15) is 12.4 Å². The zero-order valence-corrected chi connectivity index (χ0v) is 12.9. The molecule has 1 aliphatic carbocycles. The van der Waals surface area contributed by atoms with Crippen molar-refractivity contribution in [3.63, 3.8) is 0 Å². The van der Waals surface area contributed by atoms with Crippen LogP contribution in [0.3, 0.4) is 0 Å². The molecule has 0 saturated heterocycles. The average molecular weight is 312 g/mol. The van der Waals surface area contributed by atoms with Crippen molar-refractivity contribution in [3.8, 4) is 17.6 Å². The number of ether oxygens (including phenoxy) is 1. The number of hydrogen-bond donors (Lipinski definition) is 2. The number of primary amides is 1. The minimum atomic E-state index is -0.539. The summed E-state index contributed by atoms with van der Waals surface area (Å²) in [5, 5.41) is 2.80. The molecule has 1 aliphatic rings. The van der Waals surface area contributed by atoms with E-state index in [0.29, 0.717) is 17.9 Å². The summed E-state index contributed by atoms with van der Waals surface area (Å²) in [6, 6.07) is 6.74. The Balaban J connectivity index is 1.73. The molecule has 23 heavy (non-hydrogen) atoms. The number of nitrogens with one attached hydrogen (secondary N) is 1. The predicted molar refractivity (Wildman–Crippen MR) is 87.7 cm³/mol. The molecule has 0 saturated carbocycles. The van der Waals surface area contributed by atoms with Gasteiger partial charge < -0.3 is 15.8 Å². The number of allylic oxidation sites excluding steroid dienone is 2. The molecular weight excluding hydrogens is 292 g/mol. The van der Waals surface area contributed by atoms with E-state index in [1.165, 1.54) is 0 Å². The van der Waals surface area contributed by atoms with Crippen molar-refractivity contribution in [1.82, 2.24) is 5.32 Å². The van der Waals surface area contributed by atoms with Crippen molar-refractivity contribution in [3.05, 3.63) is 42.0 Å². The fourth-order valence-corrected chi connectivity index (χ4v) is 2.33. The molecule has 0 fully saturated rings. The van der Waals surface area contributed by atoms with E-state index in [-0.39, 0.29) is 18.4 Å². The van der Waals surface area contributed by atoms with Gasteiger partial charge in [0.2, 0.25) is 5.91 Å². The van der Waals surface area contributed by atoms with Crippen LogP contribution in [0.1, 0.15) is 29.6 Å². The molecule has 1 aromatic rings. The van der Waals surface area contributed by atoms with Gasteiger partial charge >= 0.3 is 0 Å². The number of carbonyl (C=O) groups excluding carboxylic acids is 2. The number of hydrogen-bond acceptors (Lipinski definition) is 3. The van der Waals surface area contributed by atoms with E-state index < -0.39 is 5.91 Å². The molecule has 1 atom stereocenters. The number of nitrogens with two attached hydrogens (primary N) is 1. The second-order valence-corrected chi connectivity index (χ2v) is 5.20. The van der Waals surface area contributed by atoms with Crippen molar-refractivity contribution in [2.45, 2.75) is 19.3 Å². The number of benzene rings is 1. The number of para-hydroxylation sites is 1. The second kappa shape index (κ2) is 8.64. The van der Waals surface area contributed by atoms with Crippen LogP contribution in [0.25, 0.3) is 0 Å². The predicted octanol–water partition coefficient (Wildman–Crippen LogP) is 1.64. The van der Waals surface area contributed by atoms with Crippen molar-refractivity contribution in [1.29, 1.82) is 0 Å². The zero-order valence-electron chi connectivity index (χ0n) is 12.9. The summed E-state index contributed by atoms with van der Waals surface area (Å²) in [6.45, 7) is 0.423. The molecule has 3 N–H and O–H groups in total. The lowest BCUT2D eigenvalue weighted by molar-refractivity contribution is -0.124. The highest BCUT2D eigenvalue weighted by molar-refractivity contribution is 5.95. The van der Waals surface area contributed by atoms with E-state index in [1.807, 2.05) is 6.08 Å². The standard InChI is InChI=1S/C18H20N2O3/c19-17(21)15-10-4-5-11-16(15)23-13-7-6-12-20-18(22)14-8-2-1-3-9-14/h1-2,4-5,10-11,14H,3,8-9,12-13H2,(H2,19,21)(H,20,22)/t14-/m0/s1. The van der Waals surface area contributed by atoms with E-state index in [1.54, 1.807) is 24.3 Å². The fourth-order valence-electron chi connectivity index (χ4n) is 2.33. The Morgan fingerprint density at radius 2 is 2.09 bits per heavy atom. The fraction of sp³-hybridized carbons (Fsp3) is 0.333. The van der Waals surface area contributed by atoms with Crippen LogP contribution in [0.5, 0.6) is 5.75 Å². The van der Waals surface area contributed by atoms with Gasteiger partial charge in [-0.25, -0.2) is 0 Å². The van der Waals surface area contributed by atoms with E-state index >= 15 is 0 Å². The molecule has 0 bridgehead atoms. The van der Waals surface area contributed by atoms with Crippen molar-refractivity contribution >= 4 is 11.8 Å². The lowest BCUT2D eigenvalue weighted by Gasteiger charge is -2.16. The molecular formula is C18H20N2O3. The third-order valence-electron chi connectivity index (χ3n) is 3.57. The number of amides is 2. The van der Waals surface area contributed by atoms with Gasteiger partial charge in [0.15, 0.2) is 0 Å². The minimum Gasteiger partial charge on any atom is -0.480 e. The summed E-state index contributed by atoms with van der Waals surface area (Å²) < 4.78 is 5.43. The number of rotatable bonds is 5. The molecule has 2 amide bonds. The van der Waals surface area contributed by atoms with E-state index in [2.05, 4.69) is 23.2 Å². The Bertz CT molecular complexity index is 656. The van der Waals surface area contributed by atoms with Crippen molar-refractivity contribution in [2.75, 3.05) is 13.2 Å². The van der Waals surface area contributed by atoms with Crippen LogP contribution >= 0.6 is 0 Å². The molecule has 0 spiro atoms. The highest BCUT2D eigenvalue weighted by atomic mass is 16.5. The van der Waals surface area contributed by atoms with Crippen LogP contribution in [0, 0.1) is 17.8 Å². The summed E-state index contributed by atoms with van der Waals surface area (Å²) in [5.74, 6) is 5.61. The Morgan fingerprint density at radius 1 is 1.26 bits per heavy atom. The molecule has 0 aliphatic heterocycles. The minimum absolute atomic E-state index is 0.0450. The third-order valence-corrected chi connectivity index (χ3v) is 3.57. The van der Waals surface area contributed by atoms with Gasteiger partial charge in [0.05, 0.1) is 12.1 Å². The largest absolute Gasteiger partial charge is 0.480 e. The summed E-state index contributed by atoms with van der Waals surface area (Å²) in [6.07, 6.45) is 6.79. The maximum absolute atomic E-state index is 11.9. The molecule has 0 unspecified atom stereocenters. The maximum Gasteiger partial charge on any atom is 0.252 e. The van der Waals surface area contributed by atoms with Gasteiger partial charge in [0, 0.05) is 5.92 Å². The van der Waals surface area contributed by atoms with Gasteiger partial charge in [-0.2, -0.15) is 0 Å². The molecule has 120 valence electrons.